The molecule has 2 heterocycles. The lowest BCUT2D eigenvalue weighted by Crippen LogP contribution is -2.11. The highest BCUT2D eigenvalue weighted by Gasteiger charge is 2.22. The van der Waals surface area contributed by atoms with Crippen molar-refractivity contribution in [2.24, 2.45) is 0 Å². The highest BCUT2D eigenvalue weighted by molar-refractivity contribution is 5.68. The summed E-state index contributed by atoms with van der Waals surface area (Å²) >= 11 is 0. The molecule has 0 saturated heterocycles. The van der Waals surface area contributed by atoms with Crippen molar-refractivity contribution >= 4 is 0 Å². The van der Waals surface area contributed by atoms with E-state index < -0.39 is 0 Å². The van der Waals surface area contributed by atoms with Crippen LogP contribution >= 0.6 is 0 Å². The number of aromatic nitrogens is 2. The van der Waals surface area contributed by atoms with Crippen molar-refractivity contribution < 1.29 is 4.39 Å². The van der Waals surface area contributed by atoms with Gasteiger partial charge < -0.3 is 4.57 Å². The van der Waals surface area contributed by atoms with Gasteiger partial charge in [0.2, 0.25) is 0 Å². The molecule has 0 bridgehead atoms. The fourth-order valence-corrected chi connectivity index (χ4v) is 3.58. The standard InChI is InChI=1S/C20H19FN2/c21-16-10-11-18(19(12-16)15-6-2-1-3-7-15)20-9-5-4-8-17-13-22-14-23(17)20/h1-3,6-7,10-14,20H,4-5,8-9H2. The van der Waals surface area contributed by atoms with Gasteiger partial charge in [-0.05, 0) is 48.1 Å². The Kier molecular flexibility index (Phi) is 3.70. The number of halogens is 1. The Balaban J connectivity index is 1.87. The van der Waals surface area contributed by atoms with E-state index in [-0.39, 0.29) is 11.9 Å². The Morgan fingerprint density at radius 1 is 1.04 bits per heavy atom. The molecule has 4 rings (SSSR count). The molecule has 0 saturated carbocycles. The number of fused-ring (bicyclic) bond motifs is 1. The summed E-state index contributed by atoms with van der Waals surface area (Å²) in [6.45, 7) is 0. The number of hydrogen-bond donors (Lipinski definition) is 0. The summed E-state index contributed by atoms with van der Waals surface area (Å²) in [6, 6.07) is 15.5. The van der Waals surface area contributed by atoms with Crippen molar-refractivity contribution in [1.29, 1.82) is 0 Å². The van der Waals surface area contributed by atoms with E-state index in [0.717, 1.165) is 24.0 Å². The molecule has 0 radical (unpaired) electrons. The third kappa shape index (κ3) is 2.67. The number of rotatable bonds is 2. The van der Waals surface area contributed by atoms with Crippen molar-refractivity contribution in [3.05, 3.63) is 78.1 Å². The van der Waals surface area contributed by atoms with E-state index in [0.29, 0.717) is 0 Å². The van der Waals surface area contributed by atoms with Crippen LogP contribution in [0, 0.1) is 5.82 Å². The maximum atomic E-state index is 13.9. The normalized spacial score (nSPS) is 17.5. The van der Waals surface area contributed by atoms with Gasteiger partial charge in [0.15, 0.2) is 0 Å². The van der Waals surface area contributed by atoms with Crippen molar-refractivity contribution in [3.63, 3.8) is 0 Å². The average molecular weight is 306 g/mol. The molecule has 0 fully saturated rings. The van der Waals surface area contributed by atoms with Crippen LogP contribution in [-0.2, 0) is 6.42 Å². The van der Waals surface area contributed by atoms with Crippen molar-refractivity contribution in [2.75, 3.05) is 0 Å². The quantitative estimate of drug-likeness (QED) is 0.651. The molecule has 1 atom stereocenters. The van der Waals surface area contributed by atoms with E-state index in [1.54, 1.807) is 12.1 Å². The molecule has 0 amide bonds. The number of hydrogen-bond acceptors (Lipinski definition) is 1. The van der Waals surface area contributed by atoms with Gasteiger partial charge in [-0.1, -0.05) is 42.8 Å². The first kappa shape index (κ1) is 14.2. The largest absolute Gasteiger partial charge is 0.327 e. The molecule has 23 heavy (non-hydrogen) atoms. The van der Waals surface area contributed by atoms with Gasteiger partial charge in [-0.15, -0.1) is 0 Å². The molecule has 1 aliphatic heterocycles. The third-order valence-corrected chi connectivity index (χ3v) is 4.70. The monoisotopic (exact) mass is 306 g/mol. The van der Waals surface area contributed by atoms with E-state index in [1.165, 1.54) is 24.1 Å². The summed E-state index contributed by atoms with van der Waals surface area (Å²) in [5.74, 6) is -0.188. The maximum absolute atomic E-state index is 13.9. The second-order valence-corrected chi connectivity index (χ2v) is 6.15. The summed E-state index contributed by atoms with van der Waals surface area (Å²) in [5.41, 5.74) is 4.50. The number of benzene rings is 2. The van der Waals surface area contributed by atoms with Gasteiger partial charge in [-0.25, -0.2) is 9.37 Å². The highest BCUT2D eigenvalue weighted by Crippen LogP contribution is 2.36. The van der Waals surface area contributed by atoms with Gasteiger partial charge >= 0.3 is 0 Å². The van der Waals surface area contributed by atoms with Crippen molar-refractivity contribution in [1.82, 2.24) is 9.55 Å². The first-order chi connectivity index (χ1) is 11.3. The first-order valence-corrected chi connectivity index (χ1v) is 8.18. The smallest absolute Gasteiger partial charge is 0.123 e. The van der Waals surface area contributed by atoms with Crippen LogP contribution in [0.2, 0.25) is 0 Å². The van der Waals surface area contributed by atoms with E-state index in [9.17, 15) is 4.39 Å². The van der Waals surface area contributed by atoms with Gasteiger partial charge in [0.05, 0.1) is 12.4 Å². The number of imidazole rings is 1. The van der Waals surface area contributed by atoms with Crippen molar-refractivity contribution in [2.45, 2.75) is 31.7 Å². The molecule has 1 aromatic heterocycles. The van der Waals surface area contributed by atoms with Crippen LogP contribution in [-0.4, -0.2) is 9.55 Å². The maximum Gasteiger partial charge on any atom is 0.123 e. The Hall–Kier alpha value is -2.42. The minimum atomic E-state index is -0.188. The van der Waals surface area contributed by atoms with Gasteiger partial charge in [0, 0.05) is 11.9 Å². The first-order valence-electron chi connectivity index (χ1n) is 8.18. The lowest BCUT2D eigenvalue weighted by Gasteiger charge is -2.22. The minimum absolute atomic E-state index is 0.188. The zero-order valence-electron chi connectivity index (χ0n) is 13.0. The van der Waals surface area contributed by atoms with E-state index in [1.807, 2.05) is 48.9 Å². The molecule has 3 aromatic rings. The topological polar surface area (TPSA) is 17.8 Å². The molecule has 1 aliphatic rings. The summed E-state index contributed by atoms with van der Waals surface area (Å²) < 4.78 is 16.2. The van der Waals surface area contributed by atoms with Gasteiger partial charge in [-0.3, -0.25) is 0 Å². The van der Waals surface area contributed by atoms with Gasteiger partial charge in [0.25, 0.3) is 0 Å². The summed E-state index contributed by atoms with van der Waals surface area (Å²) in [4.78, 5) is 4.33. The van der Waals surface area contributed by atoms with Crippen LogP contribution in [0.1, 0.15) is 36.6 Å². The van der Waals surface area contributed by atoms with Crippen molar-refractivity contribution in [3.8, 4) is 11.1 Å². The molecule has 2 aromatic carbocycles. The third-order valence-electron chi connectivity index (χ3n) is 4.70. The second-order valence-electron chi connectivity index (χ2n) is 6.15. The summed E-state index contributed by atoms with van der Waals surface area (Å²) in [5, 5.41) is 0. The van der Waals surface area contributed by atoms with E-state index >= 15 is 0 Å². The van der Waals surface area contributed by atoms with Crippen LogP contribution < -0.4 is 0 Å². The zero-order valence-corrected chi connectivity index (χ0v) is 13.0. The lowest BCUT2D eigenvalue weighted by atomic mass is 9.92. The summed E-state index contributed by atoms with van der Waals surface area (Å²) in [6.07, 6.45) is 8.38. The number of nitrogens with zero attached hydrogens (tertiary/aromatic N) is 2. The lowest BCUT2D eigenvalue weighted by molar-refractivity contribution is 0.535. The van der Waals surface area contributed by atoms with E-state index in [4.69, 9.17) is 0 Å². The summed E-state index contributed by atoms with van der Waals surface area (Å²) in [7, 11) is 0. The molecule has 3 heteroatoms. The van der Waals surface area contributed by atoms with E-state index in [2.05, 4.69) is 9.55 Å². The second kappa shape index (κ2) is 5.99. The minimum Gasteiger partial charge on any atom is -0.327 e. The van der Waals surface area contributed by atoms with Crippen LogP contribution in [0.3, 0.4) is 0 Å². The predicted octanol–water partition coefficient (Wildman–Crippen LogP) is 5.01. The Morgan fingerprint density at radius 3 is 2.78 bits per heavy atom. The Bertz CT molecular complexity index is 808. The highest BCUT2D eigenvalue weighted by atomic mass is 19.1. The molecular formula is C20H19FN2. The van der Waals surface area contributed by atoms with Gasteiger partial charge in [0.1, 0.15) is 5.82 Å². The Labute approximate surface area is 135 Å². The molecule has 0 spiro atoms. The zero-order chi connectivity index (χ0) is 15.6. The van der Waals surface area contributed by atoms with Crippen LogP contribution in [0.5, 0.6) is 0 Å². The Morgan fingerprint density at radius 2 is 1.91 bits per heavy atom. The molecule has 1 unspecified atom stereocenters. The molecule has 116 valence electrons. The van der Waals surface area contributed by atoms with Crippen LogP contribution in [0.15, 0.2) is 61.1 Å². The SMILES string of the molecule is Fc1ccc(C2CCCCc3cncn32)c(-c2ccccc2)c1. The molecule has 0 N–H and O–H groups in total. The average Bonchev–Trinajstić information content (AvgIpc) is 2.96. The van der Waals surface area contributed by atoms with Gasteiger partial charge in [-0.2, -0.15) is 0 Å². The fourth-order valence-electron chi connectivity index (χ4n) is 3.58. The van der Waals surface area contributed by atoms with Crippen LogP contribution in [0.4, 0.5) is 4.39 Å². The molecular weight excluding hydrogens is 287 g/mol. The predicted molar refractivity (Wildman–Crippen MR) is 89.8 cm³/mol. The number of aryl methyl sites for hydroxylation is 1. The molecule has 0 aliphatic carbocycles. The molecule has 2 nitrogen and oxygen atoms in total. The van der Waals surface area contributed by atoms with Crippen LogP contribution in [0.25, 0.3) is 11.1 Å². The fraction of sp³-hybridized carbons (Fsp3) is 0.250.